The third-order valence-corrected chi connectivity index (χ3v) is 7.16. The Bertz CT molecular complexity index is 1580. The molecule has 5 aromatic rings. The van der Waals surface area contributed by atoms with Gasteiger partial charge in [-0.3, -0.25) is 4.79 Å². The number of benzene rings is 3. The van der Waals surface area contributed by atoms with Crippen molar-refractivity contribution in [1.29, 1.82) is 0 Å². The van der Waals surface area contributed by atoms with Gasteiger partial charge in [0, 0.05) is 35.5 Å². The molecule has 8 nitrogen and oxygen atoms in total. The van der Waals surface area contributed by atoms with E-state index in [-0.39, 0.29) is 5.91 Å². The Morgan fingerprint density at radius 1 is 0.975 bits per heavy atom. The van der Waals surface area contributed by atoms with Crippen LogP contribution in [0.15, 0.2) is 85.1 Å². The lowest BCUT2D eigenvalue weighted by Gasteiger charge is -2.25. The minimum Gasteiger partial charge on any atom is -0.496 e. The smallest absolute Gasteiger partial charge is 0.240 e. The molecule has 40 heavy (non-hydrogen) atoms. The monoisotopic (exact) mass is 536 g/mol. The Labute approximate surface area is 234 Å². The van der Waals surface area contributed by atoms with Gasteiger partial charge in [-0.2, -0.15) is 0 Å². The zero-order chi connectivity index (χ0) is 28.1. The number of rotatable bonds is 11. The van der Waals surface area contributed by atoms with Crippen LogP contribution >= 0.6 is 0 Å². The quantitative estimate of drug-likeness (QED) is 0.226. The second-order valence-electron chi connectivity index (χ2n) is 10.7. The number of nitrogens with zero attached hydrogens (tertiary/aromatic N) is 3. The van der Waals surface area contributed by atoms with E-state index < -0.39 is 11.6 Å². The van der Waals surface area contributed by atoms with Crippen molar-refractivity contribution < 1.29 is 9.53 Å². The molecule has 1 amide bonds. The summed E-state index contributed by atoms with van der Waals surface area (Å²) in [7, 11) is 1.67. The van der Waals surface area contributed by atoms with Crippen molar-refractivity contribution in [1.82, 2.24) is 25.1 Å². The third kappa shape index (κ3) is 6.07. The molecule has 0 aliphatic rings. The first-order valence-corrected chi connectivity index (χ1v) is 13.6. The van der Waals surface area contributed by atoms with E-state index in [1.807, 2.05) is 66.9 Å². The lowest BCUT2D eigenvalue weighted by atomic mass is 10.0. The van der Waals surface area contributed by atoms with Gasteiger partial charge < -0.3 is 25.3 Å². The molecule has 4 N–H and O–H groups in total. The number of aryl methyl sites for hydroxylation is 2. The molecule has 0 saturated carbocycles. The topological polar surface area (TPSA) is 111 Å². The van der Waals surface area contributed by atoms with Gasteiger partial charge in [0.2, 0.25) is 5.91 Å². The zero-order valence-electron chi connectivity index (χ0n) is 23.2. The SMILES string of the molecule is COc1ccccc1Cn1c(CCc2ccccc2)nnc1[C@@H](Cc1c[nH]c2ccccc12)NC(=O)C(C)(C)N. The number of nitrogens with one attached hydrogen (secondary N) is 2. The van der Waals surface area contributed by atoms with Crippen LogP contribution in [0.3, 0.4) is 0 Å². The molecule has 0 unspecified atom stereocenters. The highest BCUT2D eigenvalue weighted by molar-refractivity contribution is 5.86. The fraction of sp³-hybridized carbons (Fsp3) is 0.281. The van der Waals surface area contributed by atoms with Crippen molar-refractivity contribution in [2.45, 2.75) is 51.2 Å². The maximum absolute atomic E-state index is 13.2. The van der Waals surface area contributed by atoms with Crippen LogP contribution in [-0.2, 0) is 30.6 Å². The molecular weight excluding hydrogens is 500 g/mol. The first-order chi connectivity index (χ1) is 19.3. The van der Waals surface area contributed by atoms with Gasteiger partial charge in [0.25, 0.3) is 0 Å². The van der Waals surface area contributed by atoms with Gasteiger partial charge in [-0.1, -0.05) is 66.7 Å². The molecule has 0 aliphatic heterocycles. The van der Waals surface area contributed by atoms with Crippen LogP contribution in [0, 0.1) is 0 Å². The number of aromatic nitrogens is 4. The summed E-state index contributed by atoms with van der Waals surface area (Å²) in [6.07, 6.45) is 4.03. The Morgan fingerprint density at radius 2 is 1.70 bits per heavy atom. The first kappa shape index (κ1) is 27.1. The Kier molecular flexibility index (Phi) is 7.98. The summed E-state index contributed by atoms with van der Waals surface area (Å²) >= 11 is 0. The number of amides is 1. The number of hydrogen-bond donors (Lipinski definition) is 3. The van der Waals surface area contributed by atoms with E-state index in [1.165, 1.54) is 5.56 Å². The van der Waals surface area contributed by atoms with Crippen molar-refractivity contribution in [2.24, 2.45) is 5.73 Å². The van der Waals surface area contributed by atoms with Crippen molar-refractivity contribution >= 4 is 16.8 Å². The predicted octanol–water partition coefficient (Wildman–Crippen LogP) is 4.74. The number of carbonyl (C=O) groups excluding carboxylic acids is 1. The number of H-pyrrole nitrogens is 1. The molecule has 0 fully saturated rings. The first-order valence-electron chi connectivity index (χ1n) is 13.6. The van der Waals surface area contributed by atoms with E-state index in [4.69, 9.17) is 10.5 Å². The van der Waals surface area contributed by atoms with Gasteiger partial charge in [0.1, 0.15) is 11.6 Å². The van der Waals surface area contributed by atoms with Gasteiger partial charge in [-0.25, -0.2) is 0 Å². The number of aromatic amines is 1. The highest BCUT2D eigenvalue weighted by Crippen LogP contribution is 2.27. The lowest BCUT2D eigenvalue weighted by molar-refractivity contribution is -0.126. The molecule has 0 aliphatic carbocycles. The Balaban J connectivity index is 1.56. The van der Waals surface area contributed by atoms with Crippen molar-refractivity contribution in [3.05, 3.63) is 113 Å². The van der Waals surface area contributed by atoms with Crippen LogP contribution < -0.4 is 15.8 Å². The van der Waals surface area contributed by atoms with E-state index >= 15 is 0 Å². The lowest BCUT2D eigenvalue weighted by Crippen LogP contribution is -2.50. The molecule has 8 heteroatoms. The van der Waals surface area contributed by atoms with E-state index in [1.54, 1.807) is 21.0 Å². The number of methoxy groups -OCH3 is 1. The average Bonchev–Trinajstić information content (AvgIpc) is 3.55. The molecule has 0 bridgehead atoms. The van der Waals surface area contributed by atoms with E-state index in [9.17, 15) is 4.79 Å². The second-order valence-corrected chi connectivity index (χ2v) is 10.7. The highest BCUT2D eigenvalue weighted by Gasteiger charge is 2.30. The molecule has 2 heterocycles. The number of hydrogen-bond acceptors (Lipinski definition) is 5. The minimum absolute atomic E-state index is 0.255. The summed E-state index contributed by atoms with van der Waals surface area (Å²) in [5, 5.41) is 13.6. The van der Waals surface area contributed by atoms with Gasteiger partial charge in [-0.05, 0) is 43.5 Å². The zero-order valence-corrected chi connectivity index (χ0v) is 23.2. The fourth-order valence-electron chi connectivity index (χ4n) is 4.94. The van der Waals surface area contributed by atoms with Crippen molar-refractivity contribution in [2.75, 3.05) is 7.11 Å². The summed E-state index contributed by atoms with van der Waals surface area (Å²) in [6, 6.07) is 26.0. The molecular formula is C32H36N6O2. The number of ether oxygens (including phenoxy) is 1. The van der Waals surface area contributed by atoms with Crippen LogP contribution in [0.2, 0.25) is 0 Å². The van der Waals surface area contributed by atoms with Crippen molar-refractivity contribution in [3.63, 3.8) is 0 Å². The Morgan fingerprint density at radius 3 is 2.48 bits per heavy atom. The molecule has 1 atom stereocenters. The summed E-state index contributed by atoms with van der Waals surface area (Å²) in [5.41, 5.74) is 9.50. The number of fused-ring (bicyclic) bond motifs is 1. The standard InChI is InChI=1S/C32H36N6O2/c1-32(2,33)31(39)35-27(19-24-20-34-26-15-9-8-14-25(24)26)30-37-36-29(18-17-22-11-5-4-6-12-22)38(30)21-23-13-7-10-16-28(23)40-3/h4-16,20,27,34H,17-19,21,33H2,1-3H3,(H,35,39)/t27-/m1/s1. The molecule has 0 saturated heterocycles. The van der Waals surface area contributed by atoms with Crippen LogP contribution in [0.25, 0.3) is 10.9 Å². The summed E-state index contributed by atoms with van der Waals surface area (Å²) in [5.74, 6) is 2.05. The van der Waals surface area contributed by atoms with Crippen LogP contribution in [0.4, 0.5) is 0 Å². The molecule has 2 aromatic heterocycles. The molecule has 0 radical (unpaired) electrons. The normalized spacial score (nSPS) is 12.4. The number of carbonyl (C=O) groups is 1. The Hall–Kier alpha value is -4.43. The number of para-hydroxylation sites is 2. The summed E-state index contributed by atoms with van der Waals surface area (Å²) in [6.45, 7) is 3.91. The second kappa shape index (κ2) is 11.8. The molecule has 0 spiro atoms. The highest BCUT2D eigenvalue weighted by atomic mass is 16.5. The fourth-order valence-corrected chi connectivity index (χ4v) is 4.94. The third-order valence-electron chi connectivity index (χ3n) is 7.16. The van der Waals surface area contributed by atoms with E-state index in [0.29, 0.717) is 25.2 Å². The minimum atomic E-state index is -1.05. The van der Waals surface area contributed by atoms with Crippen molar-refractivity contribution in [3.8, 4) is 5.75 Å². The maximum Gasteiger partial charge on any atom is 0.240 e. The molecule has 5 rings (SSSR count). The van der Waals surface area contributed by atoms with E-state index in [0.717, 1.165) is 40.0 Å². The average molecular weight is 537 g/mol. The van der Waals surface area contributed by atoms with Crippen LogP contribution in [-0.4, -0.2) is 38.3 Å². The summed E-state index contributed by atoms with van der Waals surface area (Å²) < 4.78 is 7.78. The van der Waals surface area contributed by atoms with Gasteiger partial charge in [0.15, 0.2) is 5.82 Å². The van der Waals surface area contributed by atoms with Crippen LogP contribution in [0.5, 0.6) is 5.75 Å². The number of nitrogens with two attached hydrogens (primary N) is 1. The maximum atomic E-state index is 13.2. The van der Waals surface area contributed by atoms with Gasteiger partial charge in [-0.15, -0.1) is 10.2 Å². The van der Waals surface area contributed by atoms with Gasteiger partial charge >= 0.3 is 0 Å². The van der Waals surface area contributed by atoms with Crippen LogP contribution in [0.1, 0.15) is 48.2 Å². The van der Waals surface area contributed by atoms with Gasteiger partial charge in [0.05, 0.1) is 25.2 Å². The predicted molar refractivity (Wildman–Crippen MR) is 157 cm³/mol. The summed E-state index contributed by atoms with van der Waals surface area (Å²) in [4.78, 5) is 16.6. The molecule has 206 valence electrons. The van der Waals surface area contributed by atoms with E-state index in [2.05, 4.69) is 43.3 Å². The molecule has 3 aromatic carbocycles. The largest absolute Gasteiger partial charge is 0.496 e.